The number of benzene rings is 3. The third-order valence-corrected chi connectivity index (χ3v) is 7.60. The van der Waals surface area contributed by atoms with E-state index in [0.29, 0.717) is 24.4 Å². The Morgan fingerprint density at radius 3 is 2.97 bits per heavy atom. The van der Waals surface area contributed by atoms with Crippen LogP contribution in [0.5, 0.6) is 5.75 Å². The smallest absolute Gasteiger partial charge is 0.163 e. The number of nitriles is 1. The zero-order chi connectivity index (χ0) is 24.5. The first kappa shape index (κ1) is 22.7. The molecule has 3 heterocycles. The second-order valence-electron chi connectivity index (χ2n) is 10.1. The molecule has 3 aliphatic heterocycles. The first-order valence-electron chi connectivity index (χ1n) is 12.8. The second kappa shape index (κ2) is 9.72. The van der Waals surface area contributed by atoms with Crippen molar-refractivity contribution < 1.29 is 9.53 Å². The van der Waals surface area contributed by atoms with Gasteiger partial charge in [-0.1, -0.05) is 24.3 Å². The Morgan fingerprint density at radius 2 is 2.06 bits per heavy atom. The molecular weight excluding hydrogens is 446 g/mol. The highest BCUT2D eigenvalue weighted by molar-refractivity contribution is 6.16. The number of piperidine rings is 1. The van der Waals surface area contributed by atoms with Crippen LogP contribution in [0.25, 0.3) is 0 Å². The van der Waals surface area contributed by atoms with Gasteiger partial charge in [0.2, 0.25) is 0 Å². The molecule has 0 bridgehead atoms. The molecule has 0 aromatic heterocycles. The third kappa shape index (κ3) is 4.57. The lowest BCUT2D eigenvalue weighted by Crippen LogP contribution is -2.35. The molecule has 5 nitrogen and oxygen atoms in total. The number of aliphatic imine (C=N–C) groups is 1. The Morgan fingerprint density at radius 1 is 1.11 bits per heavy atom. The first-order valence-corrected chi connectivity index (χ1v) is 12.8. The minimum Gasteiger partial charge on any atom is -0.493 e. The van der Waals surface area contributed by atoms with Crippen molar-refractivity contribution in [3.8, 4) is 11.8 Å². The number of carbonyl (C=O) groups excluding carboxylic acids is 1. The summed E-state index contributed by atoms with van der Waals surface area (Å²) in [6.07, 6.45) is 3.68. The van der Waals surface area contributed by atoms with E-state index < -0.39 is 0 Å². The number of hydrogen-bond donors (Lipinski definition) is 0. The maximum absolute atomic E-state index is 13.3. The normalized spacial score (nSPS) is 18.6. The van der Waals surface area contributed by atoms with E-state index >= 15 is 0 Å². The average molecular weight is 476 g/mol. The summed E-state index contributed by atoms with van der Waals surface area (Å²) in [5.41, 5.74) is 8.23. The number of nitrogens with zero attached hydrogens (tertiary/aromatic N) is 3. The molecule has 0 aliphatic carbocycles. The fourth-order valence-corrected chi connectivity index (χ4v) is 5.78. The van der Waals surface area contributed by atoms with E-state index in [2.05, 4.69) is 41.3 Å². The van der Waals surface area contributed by atoms with Gasteiger partial charge in [-0.2, -0.15) is 5.26 Å². The highest BCUT2D eigenvalue weighted by Gasteiger charge is 2.25. The Balaban J connectivity index is 1.14. The van der Waals surface area contributed by atoms with Crippen LogP contribution >= 0.6 is 0 Å². The summed E-state index contributed by atoms with van der Waals surface area (Å²) in [4.78, 5) is 20.6. The van der Waals surface area contributed by atoms with Crippen LogP contribution in [-0.2, 0) is 19.5 Å². The van der Waals surface area contributed by atoms with Crippen molar-refractivity contribution >= 4 is 11.5 Å². The number of carbonyl (C=O) groups is 1. The van der Waals surface area contributed by atoms with Crippen LogP contribution in [-0.4, -0.2) is 36.1 Å². The zero-order valence-electron chi connectivity index (χ0n) is 20.4. The molecule has 1 atom stereocenters. The van der Waals surface area contributed by atoms with Gasteiger partial charge in [0.05, 0.1) is 30.5 Å². The van der Waals surface area contributed by atoms with Crippen LogP contribution in [0.4, 0.5) is 0 Å². The van der Waals surface area contributed by atoms with Gasteiger partial charge in [0.25, 0.3) is 0 Å². The molecule has 0 amide bonds. The largest absolute Gasteiger partial charge is 0.493 e. The fraction of sp³-hybridized carbons (Fsp3) is 0.323. The SMILES string of the molecule is N#Cc1cccc(CN2CCC[C@@H](CC(=O)c3ccc4c(c3)C(c3ccc5c(c3)CCO5)=NC4)C2)c1. The summed E-state index contributed by atoms with van der Waals surface area (Å²) < 4.78 is 5.66. The van der Waals surface area contributed by atoms with Gasteiger partial charge in [0.1, 0.15) is 5.75 Å². The number of likely N-dealkylation sites (tertiary alicyclic amines) is 1. The van der Waals surface area contributed by atoms with Crippen molar-refractivity contribution in [2.24, 2.45) is 10.9 Å². The lowest BCUT2D eigenvalue weighted by molar-refractivity contribution is 0.0912. The standard InChI is InChI=1S/C31H29N3O2/c32-17-21-3-1-4-22(13-21)19-34-11-2-5-23(20-34)14-29(35)24-6-7-27-18-33-31(28(27)16-24)26-8-9-30-25(15-26)10-12-36-30/h1,3-4,6-9,13,15-16,23H,2,5,10-12,14,18-20H2/t23-/m0/s1. The number of ether oxygens (including phenoxy) is 1. The molecule has 0 saturated carbocycles. The van der Waals surface area contributed by atoms with E-state index in [1.807, 2.05) is 30.3 Å². The van der Waals surface area contributed by atoms with E-state index in [-0.39, 0.29) is 5.78 Å². The highest BCUT2D eigenvalue weighted by atomic mass is 16.5. The van der Waals surface area contributed by atoms with Crippen LogP contribution in [0.2, 0.25) is 0 Å². The van der Waals surface area contributed by atoms with E-state index in [0.717, 1.165) is 79.2 Å². The molecule has 0 spiro atoms. The van der Waals surface area contributed by atoms with Crippen molar-refractivity contribution in [3.63, 3.8) is 0 Å². The average Bonchev–Trinajstić information content (AvgIpc) is 3.55. The summed E-state index contributed by atoms with van der Waals surface area (Å²) in [6, 6.07) is 22.5. The van der Waals surface area contributed by atoms with Crippen molar-refractivity contribution in [1.29, 1.82) is 5.26 Å². The molecule has 1 fully saturated rings. The summed E-state index contributed by atoms with van der Waals surface area (Å²) in [6.45, 7) is 4.18. The topological polar surface area (TPSA) is 65.7 Å². The molecule has 5 heteroatoms. The molecule has 36 heavy (non-hydrogen) atoms. The lowest BCUT2D eigenvalue weighted by Gasteiger charge is -2.32. The van der Waals surface area contributed by atoms with Crippen LogP contribution in [0.3, 0.4) is 0 Å². The van der Waals surface area contributed by atoms with E-state index in [1.54, 1.807) is 0 Å². The van der Waals surface area contributed by atoms with Gasteiger partial charge in [0.15, 0.2) is 5.78 Å². The van der Waals surface area contributed by atoms with Gasteiger partial charge in [-0.25, -0.2) is 0 Å². The Bertz CT molecular complexity index is 1400. The number of ketones is 1. The van der Waals surface area contributed by atoms with Gasteiger partial charge in [-0.15, -0.1) is 0 Å². The monoisotopic (exact) mass is 475 g/mol. The van der Waals surface area contributed by atoms with Gasteiger partial charge in [-0.05, 0) is 78.4 Å². The number of fused-ring (bicyclic) bond motifs is 2. The Kier molecular flexibility index (Phi) is 6.13. The van der Waals surface area contributed by atoms with Gasteiger partial charge < -0.3 is 4.74 Å². The van der Waals surface area contributed by atoms with E-state index in [1.165, 1.54) is 11.1 Å². The third-order valence-electron chi connectivity index (χ3n) is 7.60. The molecule has 0 unspecified atom stereocenters. The van der Waals surface area contributed by atoms with Crippen molar-refractivity contribution in [1.82, 2.24) is 4.90 Å². The van der Waals surface area contributed by atoms with Crippen molar-refractivity contribution in [2.45, 2.75) is 38.8 Å². The van der Waals surface area contributed by atoms with Crippen LogP contribution in [0.1, 0.15) is 63.0 Å². The summed E-state index contributed by atoms with van der Waals surface area (Å²) in [5, 5.41) is 9.18. The molecule has 180 valence electrons. The molecular formula is C31H29N3O2. The minimum absolute atomic E-state index is 0.213. The predicted octanol–water partition coefficient (Wildman–Crippen LogP) is 5.33. The molecule has 0 radical (unpaired) electrons. The van der Waals surface area contributed by atoms with Gasteiger partial charge in [-0.3, -0.25) is 14.7 Å². The number of Topliss-reactive ketones (excluding diaryl/α,β-unsaturated/α-hetero) is 1. The molecule has 0 N–H and O–H groups in total. The molecule has 6 rings (SSSR count). The first-order chi connectivity index (χ1) is 17.7. The summed E-state index contributed by atoms with van der Waals surface area (Å²) in [5.74, 6) is 1.54. The van der Waals surface area contributed by atoms with Crippen LogP contribution in [0.15, 0.2) is 65.7 Å². The number of rotatable bonds is 6. The molecule has 3 aliphatic rings. The van der Waals surface area contributed by atoms with Gasteiger partial charge >= 0.3 is 0 Å². The summed E-state index contributed by atoms with van der Waals surface area (Å²) >= 11 is 0. The van der Waals surface area contributed by atoms with Crippen molar-refractivity contribution in [2.75, 3.05) is 19.7 Å². The van der Waals surface area contributed by atoms with Crippen LogP contribution < -0.4 is 4.74 Å². The zero-order valence-corrected chi connectivity index (χ0v) is 20.4. The van der Waals surface area contributed by atoms with Crippen LogP contribution in [0, 0.1) is 17.2 Å². The second-order valence-corrected chi connectivity index (χ2v) is 10.1. The predicted molar refractivity (Wildman–Crippen MR) is 140 cm³/mol. The minimum atomic E-state index is 0.213. The summed E-state index contributed by atoms with van der Waals surface area (Å²) in [7, 11) is 0. The van der Waals surface area contributed by atoms with Gasteiger partial charge in [0, 0.05) is 42.6 Å². The van der Waals surface area contributed by atoms with E-state index in [9.17, 15) is 10.1 Å². The Hall–Kier alpha value is -3.75. The quantitative estimate of drug-likeness (QED) is 0.452. The lowest BCUT2D eigenvalue weighted by atomic mass is 9.89. The molecule has 3 aromatic carbocycles. The fourth-order valence-electron chi connectivity index (χ4n) is 5.78. The van der Waals surface area contributed by atoms with Crippen molar-refractivity contribution in [3.05, 3.63) is 99.6 Å². The molecule has 1 saturated heterocycles. The Labute approximate surface area is 212 Å². The number of hydrogen-bond acceptors (Lipinski definition) is 5. The maximum Gasteiger partial charge on any atom is 0.163 e. The maximum atomic E-state index is 13.3. The molecule has 3 aromatic rings. The highest BCUT2D eigenvalue weighted by Crippen LogP contribution is 2.31. The van der Waals surface area contributed by atoms with E-state index in [4.69, 9.17) is 9.73 Å².